The number of nitrogens with one attached hydrogen (secondary N) is 1. The van der Waals surface area contributed by atoms with E-state index in [1.807, 2.05) is 36.4 Å². The lowest BCUT2D eigenvalue weighted by Crippen LogP contribution is -2.08. The average molecular weight is 248 g/mol. The first-order chi connectivity index (χ1) is 8.15. The Morgan fingerprint density at radius 2 is 2.00 bits per heavy atom. The number of halogens is 1. The molecular formula is C13H14ClN3. The average Bonchev–Trinajstić information content (AvgIpc) is 2.29. The number of pyridine rings is 1. The van der Waals surface area contributed by atoms with E-state index < -0.39 is 0 Å². The number of benzene rings is 1. The fourth-order valence-electron chi connectivity index (χ4n) is 1.61. The van der Waals surface area contributed by atoms with Gasteiger partial charge in [0.05, 0.1) is 0 Å². The Hall–Kier alpha value is -1.74. The third kappa shape index (κ3) is 3.11. The molecule has 3 N–H and O–H groups in total. The minimum Gasteiger partial charge on any atom is -0.384 e. The van der Waals surface area contributed by atoms with Gasteiger partial charge in [0.1, 0.15) is 11.6 Å². The molecule has 4 heteroatoms. The molecule has 1 unspecified atom stereocenters. The third-order valence-corrected chi connectivity index (χ3v) is 2.72. The minimum absolute atomic E-state index is 0.128. The first-order valence-electron chi connectivity index (χ1n) is 5.39. The highest BCUT2D eigenvalue weighted by molar-refractivity contribution is 6.30. The van der Waals surface area contributed by atoms with Gasteiger partial charge in [0, 0.05) is 11.1 Å². The standard InChI is InChI=1S/C13H14ClN3/c1-9(10-4-2-5-11(14)8-10)16-13-7-3-6-12(15)17-13/h2-9H,1H3,(H3,15,16,17). The van der Waals surface area contributed by atoms with Crippen LogP contribution in [0.4, 0.5) is 11.6 Å². The minimum atomic E-state index is 0.128. The fraction of sp³-hybridized carbons (Fsp3) is 0.154. The van der Waals surface area contributed by atoms with Crippen LogP contribution in [-0.2, 0) is 0 Å². The maximum Gasteiger partial charge on any atom is 0.128 e. The second-order valence-electron chi connectivity index (χ2n) is 3.87. The van der Waals surface area contributed by atoms with Crippen molar-refractivity contribution in [2.45, 2.75) is 13.0 Å². The Morgan fingerprint density at radius 3 is 2.71 bits per heavy atom. The van der Waals surface area contributed by atoms with E-state index in [2.05, 4.69) is 17.2 Å². The summed E-state index contributed by atoms with van der Waals surface area (Å²) in [6.07, 6.45) is 0. The van der Waals surface area contributed by atoms with Crippen LogP contribution in [0.5, 0.6) is 0 Å². The molecule has 1 heterocycles. The SMILES string of the molecule is CC(Nc1cccc(N)n1)c1cccc(Cl)c1. The smallest absolute Gasteiger partial charge is 0.128 e. The summed E-state index contributed by atoms with van der Waals surface area (Å²) in [6, 6.07) is 13.4. The normalized spacial score (nSPS) is 12.1. The van der Waals surface area contributed by atoms with Gasteiger partial charge in [-0.1, -0.05) is 29.8 Å². The molecule has 0 saturated heterocycles. The number of anilines is 2. The number of nitrogens with zero attached hydrogens (tertiary/aromatic N) is 1. The molecule has 0 saturated carbocycles. The highest BCUT2D eigenvalue weighted by Gasteiger charge is 2.06. The fourth-order valence-corrected chi connectivity index (χ4v) is 1.81. The number of hydrogen-bond donors (Lipinski definition) is 2. The molecule has 0 spiro atoms. The summed E-state index contributed by atoms with van der Waals surface area (Å²) in [7, 11) is 0. The topological polar surface area (TPSA) is 50.9 Å². The van der Waals surface area contributed by atoms with Gasteiger partial charge in [0.2, 0.25) is 0 Å². The molecule has 0 aliphatic carbocycles. The van der Waals surface area contributed by atoms with Crippen LogP contribution in [0.1, 0.15) is 18.5 Å². The molecule has 2 aromatic rings. The van der Waals surface area contributed by atoms with E-state index in [0.717, 1.165) is 16.4 Å². The van der Waals surface area contributed by atoms with Crippen molar-refractivity contribution in [3.05, 3.63) is 53.1 Å². The Morgan fingerprint density at radius 1 is 1.24 bits per heavy atom. The Bertz CT molecular complexity index is 514. The van der Waals surface area contributed by atoms with E-state index >= 15 is 0 Å². The van der Waals surface area contributed by atoms with Crippen molar-refractivity contribution < 1.29 is 0 Å². The predicted molar refractivity (Wildman–Crippen MR) is 72.1 cm³/mol. The maximum atomic E-state index is 5.95. The molecule has 0 fully saturated rings. The van der Waals surface area contributed by atoms with E-state index in [-0.39, 0.29) is 6.04 Å². The van der Waals surface area contributed by atoms with Crippen molar-refractivity contribution in [3.63, 3.8) is 0 Å². The zero-order valence-corrected chi connectivity index (χ0v) is 10.3. The lowest BCUT2D eigenvalue weighted by atomic mass is 10.1. The first-order valence-corrected chi connectivity index (χ1v) is 5.77. The van der Waals surface area contributed by atoms with Crippen molar-refractivity contribution in [2.75, 3.05) is 11.1 Å². The van der Waals surface area contributed by atoms with Crippen LogP contribution in [0.15, 0.2) is 42.5 Å². The van der Waals surface area contributed by atoms with Gasteiger partial charge in [-0.2, -0.15) is 0 Å². The molecule has 3 nitrogen and oxygen atoms in total. The number of hydrogen-bond acceptors (Lipinski definition) is 3. The number of rotatable bonds is 3. The van der Waals surface area contributed by atoms with Gasteiger partial charge < -0.3 is 11.1 Å². The van der Waals surface area contributed by atoms with Gasteiger partial charge in [-0.3, -0.25) is 0 Å². The van der Waals surface area contributed by atoms with E-state index in [0.29, 0.717) is 5.82 Å². The van der Waals surface area contributed by atoms with Gasteiger partial charge in [-0.05, 0) is 36.8 Å². The molecule has 2 rings (SSSR count). The number of nitrogens with two attached hydrogens (primary N) is 1. The zero-order valence-electron chi connectivity index (χ0n) is 9.52. The highest BCUT2D eigenvalue weighted by atomic mass is 35.5. The van der Waals surface area contributed by atoms with Crippen molar-refractivity contribution >= 4 is 23.2 Å². The summed E-state index contributed by atoms with van der Waals surface area (Å²) in [5.74, 6) is 1.27. The molecule has 88 valence electrons. The van der Waals surface area contributed by atoms with Crippen molar-refractivity contribution in [2.24, 2.45) is 0 Å². The summed E-state index contributed by atoms with van der Waals surface area (Å²) in [6.45, 7) is 2.05. The van der Waals surface area contributed by atoms with Gasteiger partial charge in [-0.15, -0.1) is 0 Å². The second kappa shape index (κ2) is 5.06. The lowest BCUT2D eigenvalue weighted by molar-refractivity contribution is 0.875. The highest BCUT2D eigenvalue weighted by Crippen LogP contribution is 2.21. The van der Waals surface area contributed by atoms with Gasteiger partial charge in [0.25, 0.3) is 0 Å². The van der Waals surface area contributed by atoms with E-state index in [1.54, 1.807) is 6.07 Å². The van der Waals surface area contributed by atoms with E-state index in [9.17, 15) is 0 Å². The quantitative estimate of drug-likeness (QED) is 0.873. The summed E-state index contributed by atoms with van der Waals surface area (Å²) in [4.78, 5) is 4.19. The van der Waals surface area contributed by atoms with Crippen LogP contribution in [0.2, 0.25) is 5.02 Å². The Kier molecular flexibility index (Phi) is 3.49. The van der Waals surface area contributed by atoms with Crippen molar-refractivity contribution in [1.82, 2.24) is 4.98 Å². The molecule has 0 aliphatic rings. The van der Waals surface area contributed by atoms with Crippen LogP contribution in [0, 0.1) is 0 Å². The predicted octanol–water partition coefficient (Wildman–Crippen LogP) is 3.49. The molecule has 0 bridgehead atoms. The molecule has 0 aliphatic heterocycles. The Labute approximate surface area is 106 Å². The summed E-state index contributed by atoms with van der Waals surface area (Å²) in [5.41, 5.74) is 6.74. The molecule has 0 radical (unpaired) electrons. The van der Waals surface area contributed by atoms with Crippen molar-refractivity contribution in [3.8, 4) is 0 Å². The Balaban J connectivity index is 2.14. The van der Waals surface area contributed by atoms with E-state index in [4.69, 9.17) is 17.3 Å². The molecule has 1 aromatic carbocycles. The molecular weight excluding hydrogens is 234 g/mol. The number of nitrogen functional groups attached to an aromatic ring is 1. The second-order valence-corrected chi connectivity index (χ2v) is 4.31. The largest absolute Gasteiger partial charge is 0.384 e. The summed E-state index contributed by atoms with van der Waals surface area (Å²) in [5, 5.41) is 4.01. The third-order valence-electron chi connectivity index (χ3n) is 2.48. The monoisotopic (exact) mass is 247 g/mol. The van der Waals surface area contributed by atoms with Crippen LogP contribution < -0.4 is 11.1 Å². The van der Waals surface area contributed by atoms with Crippen LogP contribution >= 0.6 is 11.6 Å². The molecule has 1 aromatic heterocycles. The van der Waals surface area contributed by atoms with Crippen LogP contribution in [-0.4, -0.2) is 4.98 Å². The zero-order chi connectivity index (χ0) is 12.3. The molecule has 0 amide bonds. The van der Waals surface area contributed by atoms with E-state index in [1.165, 1.54) is 0 Å². The van der Waals surface area contributed by atoms with Gasteiger partial charge >= 0.3 is 0 Å². The summed E-state index contributed by atoms with van der Waals surface area (Å²) >= 11 is 5.95. The van der Waals surface area contributed by atoms with Gasteiger partial charge in [0.15, 0.2) is 0 Å². The number of aromatic nitrogens is 1. The van der Waals surface area contributed by atoms with Gasteiger partial charge in [-0.25, -0.2) is 4.98 Å². The maximum absolute atomic E-state index is 5.95. The van der Waals surface area contributed by atoms with Crippen molar-refractivity contribution in [1.29, 1.82) is 0 Å². The molecule has 1 atom stereocenters. The lowest BCUT2D eigenvalue weighted by Gasteiger charge is -2.15. The molecule has 17 heavy (non-hydrogen) atoms. The van der Waals surface area contributed by atoms with Crippen LogP contribution in [0.3, 0.4) is 0 Å². The first kappa shape index (κ1) is 11.7. The summed E-state index contributed by atoms with van der Waals surface area (Å²) < 4.78 is 0. The van der Waals surface area contributed by atoms with Crippen LogP contribution in [0.25, 0.3) is 0 Å².